The van der Waals surface area contributed by atoms with Crippen LogP contribution < -0.4 is 11.1 Å². The van der Waals surface area contributed by atoms with Gasteiger partial charge in [0.05, 0.1) is 12.7 Å². The number of imide groups is 1. The summed E-state index contributed by atoms with van der Waals surface area (Å²) in [6.45, 7) is 0.779. The summed E-state index contributed by atoms with van der Waals surface area (Å²) in [6.07, 6.45) is 8.60. The van der Waals surface area contributed by atoms with Crippen LogP contribution in [0.15, 0.2) is 30.2 Å². The van der Waals surface area contributed by atoms with Crippen LogP contribution in [0.3, 0.4) is 0 Å². The molecule has 13 nitrogen and oxygen atoms in total. The molecule has 3 amide bonds. The molecule has 0 bridgehead atoms. The summed E-state index contributed by atoms with van der Waals surface area (Å²) in [5.74, 6) is -1.16. The number of rotatable bonds is 15. The number of hydrogen-bond acceptors (Lipinski definition) is 7. The normalized spacial score (nSPS) is 11.4. The quantitative estimate of drug-likeness (QED) is 0.133. The molecule has 0 unspecified atom stereocenters. The molecule has 0 saturated carbocycles. The van der Waals surface area contributed by atoms with Crippen LogP contribution in [-0.2, 0) is 27.2 Å². The van der Waals surface area contributed by atoms with Gasteiger partial charge < -0.3 is 21.0 Å². The maximum Gasteiger partial charge on any atom is 0.252 e. The highest BCUT2D eigenvalue weighted by Crippen LogP contribution is 2.09. The lowest BCUT2D eigenvalue weighted by Crippen LogP contribution is -2.52. The van der Waals surface area contributed by atoms with Crippen molar-refractivity contribution in [3.8, 4) is 0 Å². The van der Waals surface area contributed by atoms with Crippen molar-refractivity contribution < 1.29 is 14.4 Å². The maximum atomic E-state index is 13.4. The van der Waals surface area contributed by atoms with Gasteiger partial charge in [-0.05, 0) is 31.3 Å². The lowest BCUT2D eigenvalue weighted by Gasteiger charge is -2.26. The van der Waals surface area contributed by atoms with Crippen LogP contribution in [0, 0.1) is 0 Å². The lowest BCUT2D eigenvalue weighted by atomic mass is 10.1. The van der Waals surface area contributed by atoms with E-state index in [0.717, 1.165) is 5.69 Å². The number of carbonyl (C=O) groups excluding carboxylic acids is 3. The Bertz CT molecular complexity index is 907. The number of H-pyrrole nitrogens is 2. The largest absolute Gasteiger partial charge is 0.348 e. The van der Waals surface area contributed by atoms with Crippen LogP contribution in [0.25, 0.3) is 10.4 Å². The van der Waals surface area contributed by atoms with Gasteiger partial charge >= 0.3 is 0 Å². The van der Waals surface area contributed by atoms with Gasteiger partial charge in [-0.1, -0.05) is 5.11 Å². The average molecular weight is 459 g/mol. The third kappa shape index (κ3) is 9.13. The Labute approximate surface area is 191 Å². The number of azide groups is 1. The van der Waals surface area contributed by atoms with Gasteiger partial charge in [0.25, 0.3) is 5.91 Å². The molecule has 0 aliphatic carbocycles. The number of hydrogen-bond donors (Lipinski definition) is 4. The number of carbonyl (C=O) groups is 3. The highest BCUT2D eigenvalue weighted by atomic mass is 16.2. The first kappa shape index (κ1) is 25.6. The molecule has 5 N–H and O–H groups in total. The number of unbranched alkanes of at least 4 members (excludes halogenated alkanes) is 1. The molecule has 178 valence electrons. The van der Waals surface area contributed by atoms with E-state index in [9.17, 15) is 14.4 Å². The van der Waals surface area contributed by atoms with Crippen molar-refractivity contribution in [2.45, 2.75) is 51.0 Å². The van der Waals surface area contributed by atoms with Gasteiger partial charge in [0.1, 0.15) is 6.04 Å². The minimum atomic E-state index is -0.946. The predicted molar refractivity (Wildman–Crippen MR) is 119 cm³/mol. The van der Waals surface area contributed by atoms with Crippen LogP contribution >= 0.6 is 0 Å². The third-order valence-corrected chi connectivity index (χ3v) is 4.91. The minimum absolute atomic E-state index is 0.134. The Hall–Kier alpha value is -3.70. The number of nitrogens with one attached hydrogen (secondary N) is 3. The fourth-order valence-corrected chi connectivity index (χ4v) is 3.18. The number of imidazole rings is 2. The number of nitrogens with zero attached hydrogens (tertiary/aromatic N) is 6. The third-order valence-electron chi connectivity index (χ3n) is 4.91. The molecule has 0 radical (unpaired) electrons. The number of aromatic amines is 2. The molecule has 33 heavy (non-hydrogen) atoms. The molecule has 0 spiro atoms. The van der Waals surface area contributed by atoms with E-state index in [1.165, 1.54) is 17.6 Å². The fourth-order valence-electron chi connectivity index (χ4n) is 3.18. The van der Waals surface area contributed by atoms with Gasteiger partial charge in [-0.3, -0.25) is 19.3 Å². The molecule has 13 heteroatoms. The van der Waals surface area contributed by atoms with Crippen molar-refractivity contribution in [3.63, 3.8) is 0 Å². The topological polar surface area (TPSA) is 199 Å². The van der Waals surface area contributed by atoms with Crippen molar-refractivity contribution in [3.05, 3.63) is 46.9 Å². The summed E-state index contributed by atoms with van der Waals surface area (Å²) in [5.41, 5.74) is 15.3. The van der Waals surface area contributed by atoms with Crippen LogP contribution in [0.2, 0.25) is 0 Å². The molecular weight excluding hydrogens is 428 g/mol. The highest BCUT2D eigenvalue weighted by Gasteiger charge is 2.30. The van der Waals surface area contributed by atoms with Crippen LogP contribution in [0.1, 0.15) is 43.5 Å². The van der Waals surface area contributed by atoms with E-state index in [2.05, 4.69) is 35.3 Å². The molecule has 0 fully saturated rings. The van der Waals surface area contributed by atoms with E-state index < -0.39 is 11.9 Å². The van der Waals surface area contributed by atoms with Crippen molar-refractivity contribution in [2.24, 2.45) is 10.8 Å². The number of amides is 3. The second kappa shape index (κ2) is 14.4. The highest BCUT2D eigenvalue weighted by molar-refractivity contribution is 5.99. The molecule has 0 aliphatic heterocycles. The lowest BCUT2D eigenvalue weighted by molar-refractivity contribution is -0.147. The molecule has 2 heterocycles. The number of aromatic nitrogens is 4. The molecule has 2 aromatic heterocycles. The van der Waals surface area contributed by atoms with E-state index in [1.807, 2.05) is 0 Å². The average Bonchev–Trinajstić information content (AvgIpc) is 3.51. The fraction of sp³-hybridized carbons (Fsp3) is 0.550. The van der Waals surface area contributed by atoms with Gasteiger partial charge in [0.15, 0.2) is 0 Å². The van der Waals surface area contributed by atoms with Crippen LogP contribution in [-0.4, -0.2) is 68.2 Å². The Morgan fingerprint density at radius 3 is 2.48 bits per heavy atom. The summed E-state index contributed by atoms with van der Waals surface area (Å²) in [4.78, 5) is 56.4. The van der Waals surface area contributed by atoms with Crippen LogP contribution in [0.5, 0.6) is 0 Å². The second-order valence-electron chi connectivity index (χ2n) is 7.42. The van der Waals surface area contributed by atoms with Crippen molar-refractivity contribution in [1.82, 2.24) is 30.2 Å². The maximum absolute atomic E-state index is 13.4. The summed E-state index contributed by atoms with van der Waals surface area (Å²) in [5, 5.41) is 6.19. The molecule has 0 saturated heterocycles. The van der Waals surface area contributed by atoms with E-state index in [0.29, 0.717) is 44.5 Å². The second-order valence-corrected chi connectivity index (χ2v) is 7.42. The first-order valence-electron chi connectivity index (χ1n) is 10.8. The Morgan fingerprint density at radius 2 is 1.85 bits per heavy atom. The van der Waals surface area contributed by atoms with Crippen molar-refractivity contribution in [2.75, 3.05) is 19.6 Å². The van der Waals surface area contributed by atoms with Crippen molar-refractivity contribution >= 4 is 17.7 Å². The molecule has 1 atom stereocenters. The monoisotopic (exact) mass is 458 g/mol. The summed E-state index contributed by atoms with van der Waals surface area (Å²) in [7, 11) is 0. The zero-order valence-electron chi connectivity index (χ0n) is 18.4. The SMILES string of the molecule is [N-]=[N+]=NCCCCC(=O)N[C@@H](Cc1cnc[nH]1)C(=O)N(CCc1cnc[nH]1)C(=O)CCCN. The summed E-state index contributed by atoms with van der Waals surface area (Å²) < 4.78 is 0. The summed E-state index contributed by atoms with van der Waals surface area (Å²) in [6, 6.07) is -0.946. The minimum Gasteiger partial charge on any atom is -0.348 e. The van der Waals surface area contributed by atoms with E-state index >= 15 is 0 Å². The van der Waals surface area contributed by atoms with E-state index in [1.54, 1.807) is 12.4 Å². The molecule has 0 aliphatic rings. The van der Waals surface area contributed by atoms with Gasteiger partial charge in [-0.2, -0.15) is 0 Å². The van der Waals surface area contributed by atoms with E-state index in [-0.39, 0.29) is 37.6 Å². The molecule has 2 rings (SSSR count). The first-order chi connectivity index (χ1) is 16.0. The van der Waals surface area contributed by atoms with Gasteiger partial charge in [-0.15, -0.1) is 0 Å². The van der Waals surface area contributed by atoms with E-state index in [4.69, 9.17) is 11.3 Å². The Balaban J connectivity index is 2.11. The zero-order valence-corrected chi connectivity index (χ0v) is 18.4. The molecular formula is C20H30N10O3. The van der Waals surface area contributed by atoms with Gasteiger partial charge in [0, 0.05) is 67.5 Å². The standard InChI is InChI=1S/C20H30N10O3/c21-7-3-5-19(32)30(9-6-15-11-23-13-25-15)20(33)17(10-16-12-24-14-26-16)28-18(31)4-1-2-8-27-29-22/h11-14,17H,1-10,21H2,(H,23,25)(H,24,26)(H,28,31)/t17-/m0/s1. The van der Waals surface area contributed by atoms with Gasteiger partial charge in [-0.25, -0.2) is 9.97 Å². The van der Waals surface area contributed by atoms with Gasteiger partial charge in [0.2, 0.25) is 11.8 Å². The summed E-state index contributed by atoms with van der Waals surface area (Å²) >= 11 is 0. The van der Waals surface area contributed by atoms with Crippen LogP contribution in [0.4, 0.5) is 0 Å². The zero-order chi connectivity index (χ0) is 23.9. The van der Waals surface area contributed by atoms with Crippen molar-refractivity contribution in [1.29, 1.82) is 0 Å². The number of nitrogens with two attached hydrogens (primary N) is 1. The Morgan fingerprint density at radius 1 is 1.12 bits per heavy atom. The molecule has 2 aromatic rings. The smallest absolute Gasteiger partial charge is 0.252 e. The predicted octanol–water partition coefficient (Wildman–Crippen LogP) is 0.978. The first-order valence-corrected chi connectivity index (χ1v) is 10.8. The Kier molecular flexibility index (Phi) is 11.1. The molecule has 0 aromatic carbocycles.